The molecule has 0 N–H and O–H groups in total. The molecule has 0 aliphatic carbocycles. The molecule has 1 aliphatic rings. The fourth-order valence-electron chi connectivity index (χ4n) is 2.29. The number of rotatable bonds is 2. The van der Waals surface area contributed by atoms with Crippen LogP contribution in [-0.4, -0.2) is 54.2 Å². The predicted octanol–water partition coefficient (Wildman–Crippen LogP) is 0.976. The van der Waals surface area contributed by atoms with Crippen molar-refractivity contribution in [2.24, 2.45) is 0 Å². The number of sulfonamides is 1. The zero-order chi connectivity index (χ0) is 15.1. The third kappa shape index (κ3) is 2.30. The molecule has 1 amide bonds. The Morgan fingerprint density at radius 3 is 2.60 bits per heavy atom. The van der Waals surface area contributed by atoms with E-state index < -0.39 is 15.6 Å². The quantitative estimate of drug-likeness (QED) is 0.815. The summed E-state index contributed by atoms with van der Waals surface area (Å²) in [7, 11) is -2.21. The Bertz CT molecular complexity index is 645. The predicted molar refractivity (Wildman–Crippen MR) is 74.9 cm³/mol. The van der Waals surface area contributed by atoms with Crippen LogP contribution < -0.4 is 0 Å². The molecular formula is C12H16ClN3O3S. The Morgan fingerprint density at radius 2 is 2.00 bits per heavy atom. The topological polar surface area (TPSA) is 70.6 Å². The number of aromatic nitrogens is 1. The molecule has 1 aromatic rings. The van der Waals surface area contributed by atoms with Crippen molar-refractivity contribution in [2.45, 2.75) is 24.3 Å². The van der Waals surface area contributed by atoms with Gasteiger partial charge in [0.2, 0.25) is 15.9 Å². The highest BCUT2D eigenvalue weighted by atomic mass is 35.5. The minimum atomic E-state index is -3.87. The Morgan fingerprint density at radius 1 is 1.35 bits per heavy atom. The van der Waals surface area contributed by atoms with Crippen LogP contribution in [0.1, 0.15) is 13.8 Å². The number of nitrogens with zero attached hydrogens (tertiary/aromatic N) is 3. The van der Waals surface area contributed by atoms with Gasteiger partial charge in [0.15, 0.2) is 0 Å². The lowest BCUT2D eigenvalue weighted by Crippen LogP contribution is -2.63. The molecule has 1 aliphatic heterocycles. The molecule has 6 nitrogen and oxygen atoms in total. The average Bonchev–Trinajstić information content (AvgIpc) is 2.36. The fourth-order valence-corrected chi connectivity index (χ4v) is 4.43. The molecule has 1 aromatic heterocycles. The summed E-state index contributed by atoms with van der Waals surface area (Å²) in [5, 5.41) is 0.0992. The van der Waals surface area contributed by atoms with E-state index in [1.54, 1.807) is 20.9 Å². The van der Waals surface area contributed by atoms with Crippen molar-refractivity contribution in [3.8, 4) is 0 Å². The van der Waals surface area contributed by atoms with Gasteiger partial charge in [-0.3, -0.25) is 9.78 Å². The van der Waals surface area contributed by atoms with Crippen molar-refractivity contribution in [2.75, 3.05) is 20.1 Å². The smallest absolute Gasteiger partial charge is 0.247 e. The third-order valence-corrected chi connectivity index (χ3v) is 5.98. The number of likely N-dealkylation sites (N-methyl/N-ethyl adjacent to an activating group) is 1. The van der Waals surface area contributed by atoms with Gasteiger partial charge in [-0.25, -0.2) is 8.42 Å². The van der Waals surface area contributed by atoms with E-state index in [-0.39, 0.29) is 22.4 Å². The molecule has 1 fully saturated rings. The summed E-state index contributed by atoms with van der Waals surface area (Å²) in [4.78, 5) is 17.4. The summed E-state index contributed by atoms with van der Waals surface area (Å²) in [6.07, 6.45) is 2.62. The molecule has 20 heavy (non-hydrogen) atoms. The number of amides is 1. The first-order chi connectivity index (χ1) is 9.19. The van der Waals surface area contributed by atoms with Gasteiger partial charge in [0, 0.05) is 32.5 Å². The molecule has 0 spiro atoms. The second kappa shape index (κ2) is 4.98. The lowest BCUT2D eigenvalue weighted by atomic mass is 10.0. The third-order valence-electron chi connectivity index (χ3n) is 3.43. The monoisotopic (exact) mass is 317 g/mol. The van der Waals surface area contributed by atoms with Gasteiger partial charge in [-0.05, 0) is 19.9 Å². The summed E-state index contributed by atoms with van der Waals surface area (Å²) in [6, 6.07) is 1.42. The van der Waals surface area contributed by atoms with Crippen LogP contribution in [-0.2, 0) is 14.8 Å². The summed E-state index contributed by atoms with van der Waals surface area (Å²) in [5.74, 6) is -0.243. The van der Waals surface area contributed by atoms with Crippen LogP contribution in [0.15, 0.2) is 23.4 Å². The van der Waals surface area contributed by atoms with Crippen molar-refractivity contribution in [1.82, 2.24) is 14.2 Å². The largest absolute Gasteiger partial charge is 0.343 e. The van der Waals surface area contributed by atoms with Crippen LogP contribution >= 0.6 is 11.6 Å². The van der Waals surface area contributed by atoms with E-state index in [9.17, 15) is 13.2 Å². The van der Waals surface area contributed by atoms with Gasteiger partial charge in [-0.2, -0.15) is 4.31 Å². The molecule has 0 radical (unpaired) electrons. The van der Waals surface area contributed by atoms with Gasteiger partial charge in [0.25, 0.3) is 0 Å². The van der Waals surface area contributed by atoms with E-state index in [2.05, 4.69) is 4.98 Å². The normalized spacial score (nSPS) is 20.2. The van der Waals surface area contributed by atoms with E-state index in [0.717, 1.165) is 0 Å². The van der Waals surface area contributed by atoms with E-state index >= 15 is 0 Å². The van der Waals surface area contributed by atoms with Crippen LogP contribution in [0.5, 0.6) is 0 Å². The second-order valence-corrected chi connectivity index (χ2v) is 7.41. The highest BCUT2D eigenvalue weighted by Crippen LogP contribution is 2.31. The minimum absolute atomic E-state index is 0.0768. The highest BCUT2D eigenvalue weighted by Gasteiger charge is 2.47. The van der Waals surface area contributed by atoms with Gasteiger partial charge in [0.1, 0.15) is 10.4 Å². The van der Waals surface area contributed by atoms with Crippen LogP contribution in [0.2, 0.25) is 5.02 Å². The van der Waals surface area contributed by atoms with E-state index in [4.69, 9.17) is 11.6 Å². The zero-order valence-corrected chi connectivity index (χ0v) is 13.1. The molecule has 0 aromatic carbocycles. The van der Waals surface area contributed by atoms with Gasteiger partial charge < -0.3 is 4.90 Å². The van der Waals surface area contributed by atoms with Crippen molar-refractivity contribution in [3.63, 3.8) is 0 Å². The van der Waals surface area contributed by atoms with E-state index in [1.165, 1.54) is 27.7 Å². The molecular weight excluding hydrogens is 302 g/mol. The van der Waals surface area contributed by atoms with Gasteiger partial charge in [-0.15, -0.1) is 0 Å². The highest BCUT2D eigenvalue weighted by molar-refractivity contribution is 7.89. The number of hydrogen-bond donors (Lipinski definition) is 0. The SMILES string of the molecule is CN1CCN(S(=O)(=O)c2cnccc2Cl)C(C)(C)C1=O. The Kier molecular flexibility index (Phi) is 3.79. The number of piperazine rings is 1. The molecule has 0 atom stereocenters. The van der Waals surface area contributed by atoms with Crippen LogP contribution in [0.3, 0.4) is 0 Å². The molecule has 110 valence electrons. The molecule has 1 saturated heterocycles. The minimum Gasteiger partial charge on any atom is -0.343 e. The van der Waals surface area contributed by atoms with Gasteiger partial charge >= 0.3 is 0 Å². The zero-order valence-electron chi connectivity index (χ0n) is 11.5. The maximum absolute atomic E-state index is 12.7. The van der Waals surface area contributed by atoms with E-state index in [1.807, 2.05) is 0 Å². The van der Waals surface area contributed by atoms with Crippen LogP contribution in [0.4, 0.5) is 0 Å². The first-order valence-corrected chi connectivity index (χ1v) is 7.89. The lowest BCUT2D eigenvalue weighted by Gasteiger charge is -2.43. The maximum Gasteiger partial charge on any atom is 0.247 e. The summed E-state index contributed by atoms with van der Waals surface area (Å²) in [5.41, 5.74) is -1.15. The maximum atomic E-state index is 12.7. The number of halogens is 1. The molecule has 2 heterocycles. The molecule has 0 saturated carbocycles. The number of hydrogen-bond acceptors (Lipinski definition) is 4. The van der Waals surface area contributed by atoms with E-state index in [0.29, 0.717) is 6.54 Å². The molecule has 2 rings (SSSR count). The summed E-state index contributed by atoms with van der Waals surface area (Å²) >= 11 is 5.94. The average molecular weight is 318 g/mol. The number of pyridine rings is 1. The Hall–Kier alpha value is -1.18. The second-order valence-electron chi connectivity index (χ2n) is 5.17. The van der Waals surface area contributed by atoms with Crippen LogP contribution in [0.25, 0.3) is 0 Å². The first-order valence-electron chi connectivity index (χ1n) is 6.07. The standard InChI is InChI=1S/C12H16ClN3O3S/c1-12(2)11(17)15(3)6-7-16(12)20(18,19)10-8-14-5-4-9(10)13/h4-5,8H,6-7H2,1-3H3. The first kappa shape index (κ1) is 15.2. The fraction of sp³-hybridized carbons (Fsp3) is 0.500. The van der Waals surface area contributed by atoms with Gasteiger partial charge in [-0.1, -0.05) is 11.6 Å². The van der Waals surface area contributed by atoms with Gasteiger partial charge in [0.05, 0.1) is 5.02 Å². The van der Waals surface area contributed by atoms with Crippen molar-refractivity contribution >= 4 is 27.5 Å². The summed E-state index contributed by atoms with van der Waals surface area (Å²) in [6.45, 7) is 3.75. The van der Waals surface area contributed by atoms with Crippen molar-refractivity contribution in [1.29, 1.82) is 0 Å². The van der Waals surface area contributed by atoms with Crippen molar-refractivity contribution in [3.05, 3.63) is 23.5 Å². The Labute approximate surface area is 123 Å². The number of carbonyl (C=O) groups excluding carboxylic acids is 1. The molecule has 0 bridgehead atoms. The summed E-state index contributed by atoms with van der Waals surface area (Å²) < 4.78 is 26.6. The Balaban J connectivity index is 2.50. The number of carbonyl (C=O) groups is 1. The van der Waals surface area contributed by atoms with Crippen molar-refractivity contribution < 1.29 is 13.2 Å². The lowest BCUT2D eigenvalue weighted by molar-refractivity contribution is -0.142. The van der Waals surface area contributed by atoms with Crippen LogP contribution in [0, 0.1) is 0 Å². The molecule has 0 unspecified atom stereocenters. The molecule has 8 heteroatoms.